The third kappa shape index (κ3) is 2.19. The maximum atomic E-state index is 5.51. The van der Waals surface area contributed by atoms with E-state index >= 15 is 0 Å². The van der Waals surface area contributed by atoms with Crippen LogP contribution in [0.4, 0.5) is 0 Å². The van der Waals surface area contributed by atoms with Crippen LogP contribution in [-0.4, -0.2) is 6.29 Å². The van der Waals surface area contributed by atoms with Crippen molar-refractivity contribution in [3.05, 3.63) is 35.4 Å². The van der Waals surface area contributed by atoms with Crippen LogP contribution in [-0.2, 0) is 14.9 Å². The molecule has 1 aliphatic carbocycles. The quantitative estimate of drug-likeness (QED) is 0.774. The Hall–Kier alpha value is -0.860. The van der Waals surface area contributed by atoms with Crippen molar-refractivity contribution in [2.24, 2.45) is 0 Å². The number of hydrogen-bond donors (Lipinski definition) is 0. The van der Waals surface area contributed by atoms with E-state index in [1.165, 1.54) is 37.7 Å². The van der Waals surface area contributed by atoms with Gasteiger partial charge in [-0.3, -0.25) is 0 Å². The van der Waals surface area contributed by atoms with Crippen molar-refractivity contribution in [3.8, 4) is 0 Å². The summed E-state index contributed by atoms with van der Waals surface area (Å²) < 4.78 is 11.0. The van der Waals surface area contributed by atoms with Gasteiger partial charge in [0, 0.05) is 5.56 Å². The molecule has 0 radical (unpaired) electrons. The fourth-order valence-electron chi connectivity index (χ4n) is 3.18. The first-order valence-electron chi connectivity index (χ1n) is 7.09. The molecule has 1 saturated carbocycles. The molecule has 1 heterocycles. The molecule has 0 aromatic heterocycles. The van der Waals surface area contributed by atoms with Crippen LogP contribution < -0.4 is 0 Å². The summed E-state index contributed by atoms with van der Waals surface area (Å²) in [5.74, 6) is 0. The fraction of sp³-hybridized carbons (Fsp3) is 0.625. The summed E-state index contributed by atoms with van der Waals surface area (Å²) in [5.41, 5.74) is 2.99. The van der Waals surface area contributed by atoms with Crippen molar-refractivity contribution in [1.82, 2.24) is 0 Å². The summed E-state index contributed by atoms with van der Waals surface area (Å²) >= 11 is 0. The second kappa shape index (κ2) is 4.67. The van der Waals surface area contributed by atoms with Gasteiger partial charge >= 0.3 is 0 Å². The van der Waals surface area contributed by atoms with Gasteiger partial charge in [-0.15, -0.1) is 0 Å². The molecule has 2 nitrogen and oxygen atoms in total. The topological polar surface area (TPSA) is 18.5 Å². The van der Waals surface area contributed by atoms with E-state index in [0.717, 1.165) is 5.56 Å². The molecule has 2 heteroatoms. The van der Waals surface area contributed by atoms with E-state index in [-0.39, 0.29) is 12.6 Å². The molecule has 0 bridgehead atoms. The van der Waals surface area contributed by atoms with Gasteiger partial charge in [-0.1, -0.05) is 50.5 Å². The predicted molar refractivity (Wildman–Crippen MR) is 71.3 cm³/mol. The number of benzene rings is 1. The highest BCUT2D eigenvalue weighted by atomic mass is 16.9. The van der Waals surface area contributed by atoms with Gasteiger partial charge in [0.1, 0.15) is 0 Å². The minimum atomic E-state index is -0.145. The number of ether oxygens (including phenoxy) is 2. The molecule has 3 rings (SSSR count). The summed E-state index contributed by atoms with van der Waals surface area (Å²) in [7, 11) is 0. The second-order valence-corrected chi connectivity index (χ2v) is 5.92. The number of hydrogen-bond acceptors (Lipinski definition) is 2. The minimum Gasteiger partial charge on any atom is -0.320 e. The maximum Gasteiger partial charge on any atom is 0.189 e. The fourth-order valence-corrected chi connectivity index (χ4v) is 3.18. The van der Waals surface area contributed by atoms with Crippen LogP contribution in [0, 0.1) is 0 Å². The van der Waals surface area contributed by atoms with Crippen molar-refractivity contribution >= 4 is 0 Å². The third-order valence-corrected chi connectivity index (χ3v) is 4.47. The second-order valence-electron chi connectivity index (χ2n) is 5.92. The lowest BCUT2D eigenvalue weighted by molar-refractivity contribution is -0.382. The Kier molecular flexibility index (Phi) is 3.16. The highest BCUT2D eigenvalue weighted by molar-refractivity contribution is 5.30. The van der Waals surface area contributed by atoms with E-state index in [0.29, 0.717) is 5.41 Å². The van der Waals surface area contributed by atoms with Crippen LogP contribution in [0.15, 0.2) is 24.3 Å². The molecule has 98 valence electrons. The van der Waals surface area contributed by atoms with E-state index < -0.39 is 0 Å². The molecule has 1 aliphatic heterocycles. The standard InChI is InChI=1S/C16H22O2/c1-12-17-15(18-12)13-6-8-14(9-7-13)16(2)10-4-3-5-11-16/h6-9,12,15H,3-5,10-11H2,1-2H3. The first-order valence-corrected chi connectivity index (χ1v) is 7.09. The highest BCUT2D eigenvalue weighted by Gasteiger charge is 2.31. The van der Waals surface area contributed by atoms with Crippen LogP contribution in [0.5, 0.6) is 0 Å². The molecule has 1 saturated heterocycles. The van der Waals surface area contributed by atoms with E-state index in [1.54, 1.807) is 0 Å². The van der Waals surface area contributed by atoms with E-state index in [1.807, 2.05) is 6.92 Å². The summed E-state index contributed by atoms with van der Waals surface area (Å²) in [4.78, 5) is 0. The Labute approximate surface area is 109 Å². The molecule has 18 heavy (non-hydrogen) atoms. The zero-order valence-corrected chi connectivity index (χ0v) is 11.3. The van der Waals surface area contributed by atoms with Gasteiger partial charge in [-0.25, -0.2) is 0 Å². The van der Waals surface area contributed by atoms with Gasteiger partial charge < -0.3 is 9.47 Å². The van der Waals surface area contributed by atoms with Gasteiger partial charge in [-0.05, 0) is 30.7 Å². The maximum absolute atomic E-state index is 5.51. The van der Waals surface area contributed by atoms with E-state index in [4.69, 9.17) is 9.47 Å². The smallest absolute Gasteiger partial charge is 0.189 e. The van der Waals surface area contributed by atoms with E-state index in [9.17, 15) is 0 Å². The predicted octanol–water partition coefficient (Wildman–Crippen LogP) is 4.30. The Morgan fingerprint density at radius 3 is 2.17 bits per heavy atom. The Morgan fingerprint density at radius 2 is 1.61 bits per heavy atom. The van der Waals surface area contributed by atoms with Crippen LogP contribution in [0.1, 0.15) is 63.4 Å². The van der Waals surface area contributed by atoms with Crippen LogP contribution in [0.25, 0.3) is 0 Å². The zero-order valence-electron chi connectivity index (χ0n) is 11.3. The SMILES string of the molecule is CC1OC(c2ccc(C3(C)CCCCC3)cc2)O1. The monoisotopic (exact) mass is 246 g/mol. The summed E-state index contributed by atoms with van der Waals surface area (Å²) in [6.07, 6.45) is 6.57. The first kappa shape index (κ1) is 12.2. The molecule has 0 spiro atoms. The van der Waals surface area contributed by atoms with Gasteiger partial charge in [0.15, 0.2) is 12.6 Å². The lowest BCUT2D eigenvalue weighted by Crippen LogP contribution is -2.31. The lowest BCUT2D eigenvalue weighted by atomic mass is 9.71. The molecule has 0 amide bonds. The summed E-state index contributed by atoms with van der Waals surface area (Å²) in [5, 5.41) is 0. The van der Waals surface area contributed by atoms with Gasteiger partial charge in [0.2, 0.25) is 0 Å². The van der Waals surface area contributed by atoms with E-state index in [2.05, 4.69) is 31.2 Å². The normalized spacial score (nSPS) is 30.8. The zero-order chi connectivity index (χ0) is 12.6. The Morgan fingerprint density at radius 1 is 1.00 bits per heavy atom. The number of rotatable bonds is 2. The molecule has 1 aromatic carbocycles. The Balaban J connectivity index is 1.74. The van der Waals surface area contributed by atoms with Crippen LogP contribution in [0.3, 0.4) is 0 Å². The summed E-state index contributed by atoms with van der Waals surface area (Å²) in [6, 6.07) is 8.84. The average Bonchev–Trinajstić information content (AvgIpc) is 2.36. The highest BCUT2D eigenvalue weighted by Crippen LogP contribution is 2.40. The van der Waals surface area contributed by atoms with Crippen molar-refractivity contribution in [2.75, 3.05) is 0 Å². The minimum absolute atomic E-state index is 0.0504. The molecule has 2 fully saturated rings. The largest absolute Gasteiger partial charge is 0.320 e. The molecular formula is C16H22O2. The average molecular weight is 246 g/mol. The van der Waals surface area contributed by atoms with Crippen molar-refractivity contribution in [3.63, 3.8) is 0 Å². The van der Waals surface area contributed by atoms with Crippen molar-refractivity contribution in [1.29, 1.82) is 0 Å². The van der Waals surface area contributed by atoms with Gasteiger partial charge in [-0.2, -0.15) is 0 Å². The molecular weight excluding hydrogens is 224 g/mol. The van der Waals surface area contributed by atoms with Crippen LogP contribution >= 0.6 is 0 Å². The molecule has 0 unspecified atom stereocenters. The van der Waals surface area contributed by atoms with Crippen LogP contribution in [0.2, 0.25) is 0 Å². The molecule has 2 aliphatic rings. The van der Waals surface area contributed by atoms with Crippen molar-refractivity contribution < 1.29 is 9.47 Å². The third-order valence-electron chi connectivity index (χ3n) is 4.47. The lowest BCUT2D eigenvalue weighted by Gasteiger charge is -2.36. The molecule has 0 N–H and O–H groups in total. The van der Waals surface area contributed by atoms with Gasteiger partial charge in [0.05, 0.1) is 0 Å². The molecule has 0 atom stereocenters. The van der Waals surface area contributed by atoms with Crippen molar-refractivity contribution in [2.45, 2.75) is 63.9 Å². The Bertz CT molecular complexity index is 398. The van der Waals surface area contributed by atoms with Gasteiger partial charge in [0.25, 0.3) is 0 Å². The molecule has 1 aromatic rings. The first-order chi connectivity index (χ1) is 8.67. The summed E-state index contributed by atoms with van der Waals surface area (Å²) in [6.45, 7) is 4.33.